The highest BCUT2D eigenvalue weighted by Gasteiger charge is 2.16. The van der Waals surface area contributed by atoms with E-state index in [0.29, 0.717) is 21.7 Å². The highest BCUT2D eigenvalue weighted by Crippen LogP contribution is 2.30. The summed E-state index contributed by atoms with van der Waals surface area (Å²) in [5, 5.41) is 11.1. The molecule has 0 bridgehead atoms. The number of pyridine rings is 2. The van der Waals surface area contributed by atoms with Gasteiger partial charge in [-0.2, -0.15) is 0 Å². The molecule has 0 radical (unpaired) electrons. The Bertz CT molecular complexity index is 1030. The van der Waals surface area contributed by atoms with Crippen LogP contribution in [-0.4, -0.2) is 21.2 Å². The Morgan fingerprint density at radius 3 is 2.70 bits per heavy atom. The van der Waals surface area contributed by atoms with Gasteiger partial charge in [0.05, 0.1) is 0 Å². The lowest BCUT2D eigenvalue weighted by molar-refractivity contribution is 0.209. The van der Waals surface area contributed by atoms with Gasteiger partial charge in [0.25, 0.3) is 0 Å². The van der Waals surface area contributed by atoms with Gasteiger partial charge < -0.3 is 5.11 Å². The molecule has 3 rings (SSSR count). The normalized spacial score (nSPS) is 10.7. The lowest BCUT2D eigenvalue weighted by atomic mass is 9.95. The Labute approximate surface area is 158 Å². The van der Waals surface area contributed by atoms with Crippen LogP contribution in [0.25, 0.3) is 11.1 Å². The maximum Gasteiger partial charge on any atom is 0.410 e. The number of nitrogens with one attached hydrogen (secondary N) is 1. The average molecular weight is 390 g/mol. The van der Waals surface area contributed by atoms with E-state index in [-0.39, 0.29) is 17.8 Å². The summed E-state index contributed by atoms with van der Waals surface area (Å²) in [6, 6.07) is 5.69. The van der Waals surface area contributed by atoms with Crippen LogP contribution in [0.15, 0.2) is 42.9 Å². The van der Waals surface area contributed by atoms with Crippen molar-refractivity contribution in [3.8, 4) is 11.1 Å². The van der Waals surface area contributed by atoms with E-state index in [4.69, 9.17) is 16.7 Å². The van der Waals surface area contributed by atoms with Crippen molar-refractivity contribution >= 4 is 23.5 Å². The van der Waals surface area contributed by atoms with Gasteiger partial charge in [-0.1, -0.05) is 11.6 Å². The third-order valence-corrected chi connectivity index (χ3v) is 4.35. The summed E-state index contributed by atoms with van der Waals surface area (Å²) in [5.74, 6) is -1.58. The number of hydrogen-bond acceptors (Lipinski definition) is 3. The van der Waals surface area contributed by atoms with Gasteiger partial charge in [0.15, 0.2) is 11.6 Å². The lowest BCUT2D eigenvalue weighted by Gasteiger charge is -2.13. The molecule has 5 nitrogen and oxygen atoms in total. The summed E-state index contributed by atoms with van der Waals surface area (Å²) in [7, 11) is 0. The maximum atomic E-state index is 14.5. The molecule has 0 unspecified atom stereocenters. The summed E-state index contributed by atoms with van der Waals surface area (Å²) < 4.78 is 28.7. The zero-order valence-corrected chi connectivity index (χ0v) is 14.9. The molecule has 0 spiro atoms. The van der Waals surface area contributed by atoms with Crippen molar-refractivity contribution in [2.75, 3.05) is 5.32 Å². The molecule has 1 aromatic carbocycles. The zero-order chi connectivity index (χ0) is 19.6. The molecule has 0 aliphatic rings. The van der Waals surface area contributed by atoms with Crippen LogP contribution in [0, 0.1) is 18.6 Å². The number of benzene rings is 1. The van der Waals surface area contributed by atoms with Gasteiger partial charge in [-0.15, -0.1) is 0 Å². The molecule has 27 heavy (non-hydrogen) atoms. The molecule has 2 N–H and O–H groups in total. The van der Waals surface area contributed by atoms with Gasteiger partial charge in [0, 0.05) is 41.2 Å². The molecular weight excluding hydrogens is 376 g/mol. The molecule has 1 amide bonds. The SMILES string of the molecule is Cc1c(Cc2ccnc(NC(=O)O)c2F)cncc1-c1cc(Cl)ccc1F. The molecule has 0 aliphatic carbocycles. The van der Waals surface area contributed by atoms with Crippen molar-refractivity contribution in [3.05, 3.63) is 76.2 Å². The molecule has 2 aromatic heterocycles. The van der Waals surface area contributed by atoms with Crippen molar-refractivity contribution in [2.45, 2.75) is 13.3 Å². The molecule has 0 saturated carbocycles. The Morgan fingerprint density at radius 2 is 1.96 bits per heavy atom. The largest absolute Gasteiger partial charge is 0.465 e. The fourth-order valence-electron chi connectivity index (χ4n) is 2.74. The second kappa shape index (κ2) is 7.67. The topological polar surface area (TPSA) is 75.1 Å². The minimum atomic E-state index is -1.41. The van der Waals surface area contributed by atoms with E-state index < -0.39 is 17.7 Å². The number of hydrogen-bond donors (Lipinski definition) is 2. The van der Waals surface area contributed by atoms with Crippen molar-refractivity contribution < 1.29 is 18.7 Å². The van der Waals surface area contributed by atoms with Crippen LogP contribution in [0.1, 0.15) is 16.7 Å². The Morgan fingerprint density at radius 1 is 1.19 bits per heavy atom. The Balaban J connectivity index is 2.00. The van der Waals surface area contributed by atoms with E-state index >= 15 is 0 Å². The summed E-state index contributed by atoms with van der Waals surface area (Å²) >= 11 is 5.97. The van der Waals surface area contributed by atoms with E-state index in [2.05, 4.69) is 9.97 Å². The third-order valence-electron chi connectivity index (χ3n) is 4.11. The smallest absolute Gasteiger partial charge is 0.410 e. The van der Waals surface area contributed by atoms with Crippen LogP contribution in [0.2, 0.25) is 5.02 Å². The van der Waals surface area contributed by atoms with Crippen LogP contribution < -0.4 is 5.32 Å². The predicted octanol–water partition coefficient (Wildman–Crippen LogP) is 5.06. The van der Waals surface area contributed by atoms with Gasteiger partial charge in [-0.05, 0) is 47.9 Å². The number of halogens is 3. The first kappa shape index (κ1) is 18.7. The fraction of sp³-hybridized carbons (Fsp3) is 0.105. The van der Waals surface area contributed by atoms with Crippen molar-refractivity contribution in [1.82, 2.24) is 9.97 Å². The highest BCUT2D eigenvalue weighted by atomic mass is 35.5. The average Bonchev–Trinajstić information content (AvgIpc) is 2.62. The van der Waals surface area contributed by atoms with Gasteiger partial charge >= 0.3 is 6.09 Å². The van der Waals surface area contributed by atoms with Crippen molar-refractivity contribution in [3.63, 3.8) is 0 Å². The highest BCUT2D eigenvalue weighted by molar-refractivity contribution is 6.30. The number of carboxylic acid groups (broad SMARTS) is 1. The predicted molar refractivity (Wildman–Crippen MR) is 98.0 cm³/mol. The van der Waals surface area contributed by atoms with Gasteiger partial charge in [0.1, 0.15) is 5.82 Å². The Kier molecular flexibility index (Phi) is 5.32. The number of aromatic nitrogens is 2. The van der Waals surface area contributed by atoms with Crippen LogP contribution in [0.5, 0.6) is 0 Å². The first-order valence-electron chi connectivity index (χ1n) is 7.89. The van der Waals surface area contributed by atoms with Gasteiger partial charge in [-0.25, -0.2) is 18.6 Å². The zero-order valence-electron chi connectivity index (χ0n) is 14.1. The van der Waals surface area contributed by atoms with E-state index in [0.717, 1.165) is 5.56 Å². The third kappa shape index (κ3) is 4.03. The number of carbonyl (C=O) groups is 1. The van der Waals surface area contributed by atoms with Crippen molar-refractivity contribution in [1.29, 1.82) is 0 Å². The van der Waals surface area contributed by atoms with Crippen LogP contribution in [0.3, 0.4) is 0 Å². The van der Waals surface area contributed by atoms with Gasteiger partial charge in [0.2, 0.25) is 0 Å². The van der Waals surface area contributed by atoms with E-state index in [1.54, 1.807) is 13.1 Å². The fourth-order valence-corrected chi connectivity index (χ4v) is 2.91. The molecule has 0 fully saturated rings. The second-order valence-electron chi connectivity index (χ2n) is 5.83. The quantitative estimate of drug-likeness (QED) is 0.653. The van der Waals surface area contributed by atoms with Crippen LogP contribution in [0.4, 0.5) is 19.4 Å². The van der Waals surface area contributed by atoms with Gasteiger partial charge in [-0.3, -0.25) is 10.3 Å². The van der Waals surface area contributed by atoms with Crippen LogP contribution in [-0.2, 0) is 6.42 Å². The summed E-state index contributed by atoms with van der Waals surface area (Å²) in [5.41, 5.74) is 2.47. The van der Waals surface area contributed by atoms with Crippen molar-refractivity contribution in [2.24, 2.45) is 0 Å². The molecule has 138 valence electrons. The number of nitrogens with zero attached hydrogens (tertiary/aromatic N) is 2. The lowest BCUT2D eigenvalue weighted by Crippen LogP contribution is -2.11. The standard InChI is InChI=1S/C19H14ClF2N3O2/c1-10-12(6-11-4-5-24-18(17(11)22)25-19(26)27)8-23-9-15(10)14-7-13(20)2-3-16(14)21/h2-5,7-9H,6H2,1H3,(H,24,25)(H,26,27). The summed E-state index contributed by atoms with van der Waals surface area (Å²) in [6.45, 7) is 1.78. The first-order valence-corrected chi connectivity index (χ1v) is 8.27. The molecular formula is C19H14ClF2N3O2. The number of rotatable bonds is 4. The molecule has 0 aliphatic heterocycles. The molecule has 0 saturated heterocycles. The van der Waals surface area contributed by atoms with Crippen LogP contribution >= 0.6 is 11.6 Å². The Hall–Kier alpha value is -3.06. The summed E-state index contributed by atoms with van der Waals surface area (Å²) in [4.78, 5) is 18.5. The monoisotopic (exact) mass is 389 g/mol. The molecule has 0 atom stereocenters. The summed E-state index contributed by atoms with van der Waals surface area (Å²) in [6.07, 6.45) is 3.12. The molecule has 8 heteroatoms. The minimum Gasteiger partial charge on any atom is -0.465 e. The van der Waals surface area contributed by atoms with E-state index in [1.807, 2.05) is 5.32 Å². The van der Waals surface area contributed by atoms with E-state index in [1.165, 1.54) is 36.7 Å². The number of anilines is 1. The minimum absolute atomic E-state index is 0.136. The second-order valence-corrected chi connectivity index (χ2v) is 6.27. The molecule has 2 heterocycles. The number of amides is 1. The van der Waals surface area contributed by atoms with E-state index in [9.17, 15) is 13.6 Å². The molecule has 3 aromatic rings. The maximum absolute atomic E-state index is 14.5. The first-order chi connectivity index (χ1) is 12.9.